The van der Waals surface area contributed by atoms with E-state index in [1.165, 1.54) is 19.2 Å². The highest BCUT2D eigenvalue weighted by molar-refractivity contribution is 7.89. The molecule has 0 aromatic heterocycles. The Bertz CT molecular complexity index is 1000. The zero-order valence-electron chi connectivity index (χ0n) is 17.3. The average Bonchev–Trinajstić information content (AvgIpc) is 3.19. The summed E-state index contributed by atoms with van der Waals surface area (Å²) >= 11 is 0. The van der Waals surface area contributed by atoms with Gasteiger partial charge in [0.25, 0.3) is 0 Å². The van der Waals surface area contributed by atoms with Crippen molar-refractivity contribution in [2.24, 2.45) is 5.92 Å². The fourth-order valence-electron chi connectivity index (χ4n) is 3.05. The Morgan fingerprint density at radius 1 is 1.03 bits per heavy atom. The summed E-state index contributed by atoms with van der Waals surface area (Å²) in [5.74, 6) is 1.15. The van der Waals surface area contributed by atoms with Gasteiger partial charge in [-0.2, -0.15) is 4.72 Å². The zero-order chi connectivity index (χ0) is 21.9. The molecule has 2 N–H and O–H groups in total. The third-order valence-corrected chi connectivity index (χ3v) is 6.31. The molecule has 1 heterocycles. The van der Waals surface area contributed by atoms with E-state index in [-0.39, 0.29) is 23.6 Å². The Balaban J connectivity index is 1.72. The molecule has 3 rings (SSSR count). The van der Waals surface area contributed by atoms with E-state index in [1.807, 2.05) is 13.0 Å². The number of carbonyl (C=O) groups is 1. The quantitative estimate of drug-likeness (QED) is 0.662. The number of nitrogens with one attached hydrogen (secondary N) is 2. The third-order valence-electron chi connectivity index (χ3n) is 4.86. The van der Waals surface area contributed by atoms with E-state index in [1.54, 1.807) is 38.1 Å². The van der Waals surface area contributed by atoms with Crippen molar-refractivity contribution >= 4 is 15.9 Å². The van der Waals surface area contributed by atoms with Crippen LogP contribution in [0.2, 0.25) is 0 Å². The Kier molecular flexibility index (Phi) is 6.52. The van der Waals surface area contributed by atoms with Crippen LogP contribution in [0.5, 0.6) is 17.2 Å². The third kappa shape index (κ3) is 4.85. The SMILES string of the molecule is COc1ccc(S(=O)(=O)N[C@H](C(=O)N[C@@H](C)c2ccc3c(c2)OCO3)C(C)C)cc1. The standard InChI is InChI=1S/C21H26N2O6S/c1-13(2)20(23-30(25,26)17-8-6-16(27-4)7-9-17)21(24)22-14(3)15-5-10-18-19(11-15)29-12-28-18/h5-11,13-14,20,23H,12H2,1-4H3,(H,22,24)/t14-,20-/m0/s1. The summed E-state index contributed by atoms with van der Waals surface area (Å²) in [6, 6.07) is 10.1. The molecule has 2 atom stereocenters. The fraction of sp³-hybridized carbons (Fsp3) is 0.381. The molecular weight excluding hydrogens is 408 g/mol. The zero-order valence-corrected chi connectivity index (χ0v) is 18.2. The number of hydrogen-bond donors (Lipinski definition) is 2. The molecule has 30 heavy (non-hydrogen) atoms. The summed E-state index contributed by atoms with van der Waals surface area (Å²) in [4.78, 5) is 13.0. The highest BCUT2D eigenvalue weighted by Gasteiger charge is 2.29. The molecule has 0 bridgehead atoms. The van der Waals surface area contributed by atoms with Crippen LogP contribution in [0.15, 0.2) is 47.4 Å². The average molecular weight is 435 g/mol. The maximum absolute atomic E-state index is 12.9. The molecule has 2 aromatic rings. The first kappa shape index (κ1) is 21.9. The van der Waals surface area contributed by atoms with Crippen LogP contribution < -0.4 is 24.2 Å². The first-order chi connectivity index (χ1) is 14.2. The van der Waals surface area contributed by atoms with Crippen LogP contribution in [-0.4, -0.2) is 34.3 Å². The maximum atomic E-state index is 12.9. The van der Waals surface area contributed by atoms with E-state index >= 15 is 0 Å². The van der Waals surface area contributed by atoms with E-state index in [4.69, 9.17) is 14.2 Å². The number of methoxy groups -OCH3 is 1. The van der Waals surface area contributed by atoms with Crippen LogP contribution in [-0.2, 0) is 14.8 Å². The number of carbonyl (C=O) groups excluding carboxylic acids is 1. The van der Waals surface area contributed by atoms with Crippen molar-refractivity contribution < 1.29 is 27.4 Å². The normalized spacial score (nSPS) is 15.0. The van der Waals surface area contributed by atoms with Gasteiger partial charge in [0.1, 0.15) is 11.8 Å². The van der Waals surface area contributed by atoms with Gasteiger partial charge in [-0.05, 0) is 54.8 Å². The van der Waals surface area contributed by atoms with Crippen molar-refractivity contribution in [3.8, 4) is 17.2 Å². The van der Waals surface area contributed by atoms with Crippen molar-refractivity contribution in [3.63, 3.8) is 0 Å². The van der Waals surface area contributed by atoms with E-state index in [0.717, 1.165) is 5.56 Å². The topological polar surface area (TPSA) is 103 Å². The minimum absolute atomic E-state index is 0.0607. The Hall–Kier alpha value is -2.78. The maximum Gasteiger partial charge on any atom is 0.241 e. The van der Waals surface area contributed by atoms with Gasteiger partial charge in [0.05, 0.1) is 18.0 Å². The number of rotatable bonds is 8. The molecule has 162 valence electrons. The van der Waals surface area contributed by atoms with Crippen LogP contribution in [0.4, 0.5) is 0 Å². The van der Waals surface area contributed by atoms with Crippen molar-refractivity contribution in [1.29, 1.82) is 0 Å². The molecule has 1 amide bonds. The predicted octanol–water partition coefficient (Wildman–Crippen LogP) is 2.60. The molecule has 1 aliphatic rings. The van der Waals surface area contributed by atoms with Crippen molar-refractivity contribution in [1.82, 2.24) is 10.0 Å². The van der Waals surface area contributed by atoms with Crippen LogP contribution in [0.3, 0.4) is 0 Å². The molecule has 0 spiro atoms. The van der Waals surface area contributed by atoms with Gasteiger partial charge in [-0.15, -0.1) is 0 Å². The number of sulfonamides is 1. The van der Waals surface area contributed by atoms with E-state index < -0.39 is 22.0 Å². The molecular formula is C21H26N2O6S. The number of amides is 1. The second-order valence-electron chi connectivity index (χ2n) is 7.36. The van der Waals surface area contributed by atoms with Crippen LogP contribution in [0.25, 0.3) is 0 Å². The van der Waals surface area contributed by atoms with Crippen LogP contribution >= 0.6 is 0 Å². The van der Waals surface area contributed by atoms with Crippen molar-refractivity contribution in [2.45, 2.75) is 37.8 Å². The highest BCUT2D eigenvalue weighted by Crippen LogP contribution is 2.34. The van der Waals surface area contributed by atoms with Crippen molar-refractivity contribution in [2.75, 3.05) is 13.9 Å². The van der Waals surface area contributed by atoms with Gasteiger partial charge < -0.3 is 19.5 Å². The summed E-state index contributed by atoms with van der Waals surface area (Å²) < 4.78 is 43.8. The van der Waals surface area contributed by atoms with Gasteiger partial charge >= 0.3 is 0 Å². The van der Waals surface area contributed by atoms with Gasteiger partial charge in [-0.3, -0.25) is 4.79 Å². The first-order valence-electron chi connectivity index (χ1n) is 9.57. The molecule has 1 aliphatic heterocycles. The predicted molar refractivity (Wildman–Crippen MR) is 111 cm³/mol. The first-order valence-corrected chi connectivity index (χ1v) is 11.1. The number of hydrogen-bond acceptors (Lipinski definition) is 6. The fourth-order valence-corrected chi connectivity index (χ4v) is 4.40. The molecule has 8 nitrogen and oxygen atoms in total. The smallest absolute Gasteiger partial charge is 0.241 e. The van der Waals surface area contributed by atoms with Crippen LogP contribution in [0.1, 0.15) is 32.4 Å². The minimum atomic E-state index is -3.89. The van der Waals surface area contributed by atoms with Gasteiger partial charge in [0.15, 0.2) is 11.5 Å². The van der Waals surface area contributed by atoms with Gasteiger partial charge in [0.2, 0.25) is 22.7 Å². The summed E-state index contributed by atoms with van der Waals surface area (Å²) in [5.41, 5.74) is 0.827. The van der Waals surface area contributed by atoms with E-state index in [0.29, 0.717) is 17.2 Å². The van der Waals surface area contributed by atoms with Gasteiger partial charge in [-0.25, -0.2) is 8.42 Å². The second kappa shape index (κ2) is 8.93. The summed E-state index contributed by atoms with van der Waals surface area (Å²) in [6.45, 7) is 5.56. The number of fused-ring (bicyclic) bond motifs is 1. The van der Waals surface area contributed by atoms with E-state index in [2.05, 4.69) is 10.0 Å². The van der Waals surface area contributed by atoms with E-state index in [9.17, 15) is 13.2 Å². The minimum Gasteiger partial charge on any atom is -0.497 e. The highest BCUT2D eigenvalue weighted by atomic mass is 32.2. The Labute approximate surface area is 176 Å². The number of benzene rings is 2. The second-order valence-corrected chi connectivity index (χ2v) is 9.08. The lowest BCUT2D eigenvalue weighted by Crippen LogP contribution is -2.50. The Morgan fingerprint density at radius 2 is 1.70 bits per heavy atom. The molecule has 2 aromatic carbocycles. The number of ether oxygens (including phenoxy) is 3. The van der Waals surface area contributed by atoms with Gasteiger partial charge in [0, 0.05) is 0 Å². The van der Waals surface area contributed by atoms with Crippen LogP contribution in [0, 0.1) is 5.92 Å². The lowest BCUT2D eigenvalue weighted by atomic mass is 10.0. The lowest BCUT2D eigenvalue weighted by Gasteiger charge is -2.24. The largest absolute Gasteiger partial charge is 0.497 e. The lowest BCUT2D eigenvalue weighted by molar-refractivity contribution is -0.124. The van der Waals surface area contributed by atoms with Gasteiger partial charge in [-0.1, -0.05) is 19.9 Å². The summed E-state index contributed by atoms with van der Waals surface area (Å²) in [5, 5.41) is 2.88. The van der Waals surface area contributed by atoms with Crippen molar-refractivity contribution in [3.05, 3.63) is 48.0 Å². The summed E-state index contributed by atoms with van der Waals surface area (Å²) in [6.07, 6.45) is 0. The molecule has 0 saturated heterocycles. The molecule has 0 radical (unpaired) electrons. The Morgan fingerprint density at radius 3 is 2.33 bits per heavy atom. The molecule has 0 saturated carbocycles. The molecule has 9 heteroatoms. The molecule has 0 aliphatic carbocycles. The monoisotopic (exact) mass is 434 g/mol. The molecule has 0 unspecified atom stereocenters. The summed E-state index contributed by atoms with van der Waals surface area (Å²) in [7, 11) is -2.38. The molecule has 0 fully saturated rings.